The van der Waals surface area contributed by atoms with Gasteiger partial charge in [0.1, 0.15) is 0 Å². The molecule has 2 N–H and O–H groups in total. The van der Waals surface area contributed by atoms with Crippen molar-refractivity contribution < 1.29 is 5.11 Å². The Morgan fingerprint density at radius 3 is 2.53 bits per heavy atom. The predicted octanol–water partition coefficient (Wildman–Crippen LogP) is 3.82. The first-order valence-corrected chi connectivity index (χ1v) is 6.80. The molecule has 0 fully saturated rings. The third kappa shape index (κ3) is 4.22. The molecule has 19 heavy (non-hydrogen) atoms. The Morgan fingerprint density at radius 1 is 1.05 bits per heavy atom. The third-order valence-electron chi connectivity index (χ3n) is 2.85. The van der Waals surface area contributed by atoms with E-state index in [1.807, 2.05) is 36.4 Å². The molecule has 2 nitrogen and oxygen atoms in total. The Morgan fingerprint density at radius 2 is 1.79 bits per heavy atom. The summed E-state index contributed by atoms with van der Waals surface area (Å²) >= 11 is 12.0. The van der Waals surface area contributed by atoms with Crippen LogP contribution in [0.15, 0.2) is 48.5 Å². The fraction of sp³-hybridized carbons (Fsp3) is 0.200. The molecular formula is C15H15Cl2NO. The van der Waals surface area contributed by atoms with Gasteiger partial charge in [-0.25, -0.2) is 0 Å². The molecular weight excluding hydrogens is 281 g/mol. The fourth-order valence-electron chi connectivity index (χ4n) is 1.82. The summed E-state index contributed by atoms with van der Waals surface area (Å²) < 4.78 is 0. The van der Waals surface area contributed by atoms with E-state index in [2.05, 4.69) is 5.32 Å². The van der Waals surface area contributed by atoms with Gasteiger partial charge in [0.05, 0.1) is 6.10 Å². The minimum atomic E-state index is -0.529. The van der Waals surface area contributed by atoms with Gasteiger partial charge in [-0.15, -0.1) is 0 Å². The van der Waals surface area contributed by atoms with E-state index in [1.54, 1.807) is 12.1 Å². The maximum atomic E-state index is 10.0. The lowest BCUT2D eigenvalue weighted by molar-refractivity contribution is 0.174. The van der Waals surface area contributed by atoms with Crippen molar-refractivity contribution in [3.05, 3.63) is 69.7 Å². The summed E-state index contributed by atoms with van der Waals surface area (Å²) in [5.74, 6) is 0. The lowest BCUT2D eigenvalue weighted by atomic mass is 10.1. The maximum absolute atomic E-state index is 10.0. The van der Waals surface area contributed by atoms with Crippen molar-refractivity contribution in [2.24, 2.45) is 0 Å². The standard InChI is InChI=1S/C15H15Cl2NO/c16-13-6-7-14(17)12(8-13)9-18-10-15(19)11-4-2-1-3-5-11/h1-8,15,18-19H,9-10H2. The summed E-state index contributed by atoms with van der Waals surface area (Å²) in [5, 5.41) is 14.5. The first kappa shape index (κ1) is 14.4. The lowest BCUT2D eigenvalue weighted by Gasteiger charge is -2.13. The third-order valence-corrected chi connectivity index (χ3v) is 3.45. The van der Waals surface area contributed by atoms with Crippen LogP contribution in [0.3, 0.4) is 0 Å². The Hall–Kier alpha value is -1.06. The number of rotatable bonds is 5. The smallest absolute Gasteiger partial charge is 0.0914 e. The molecule has 0 saturated carbocycles. The van der Waals surface area contributed by atoms with Gasteiger partial charge >= 0.3 is 0 Å². The SMILES string of the molecule is OC(CNCc1cc(Cl)ccc1Cl)c1ccccc1. The maximum Gasteiger partial charge on any atom is 0.0914 e. The Labute approximate surface area is 123 Å². The lowest BCUT2D eigenvalue weighted by Crippen LogP contribution is -2.21. The van der Waals surface area contributed by atoms with E-state index in [0.717, 1.165) is 11.1 Å². The van der Waals surface area contributed by atoms with Crippen LogP contribution in [-0.2, 0) is 6.54 Å². The molecule has 2 aromatic carbocycles. The van der Waals surface area contributed by atoms with Crippen LogP contribution in [0, 0.1) is 0 Å². The van der Waals surface area contributed by atoms with E-state index in [4.69, 9.17) is 23.2 Å². The minimum Gasteiger partial charge on any atom is -0.387 e. The summed E-state index contributed by atoms with van der Waals surface area (Å²) in [7, 11) is 0. The van der Waals surface area contributed by atoms with Crippen molar-refractivity contribution in [3.63, 3.8) is 0 Å². The summed E-state index contributed by atoms with van der Waals surface area (Å²) in [6.45, 7) is 1.04. The van der Waals surface area contributed by atoms with E-state index < -0.39 is 6.10 Å². The minimum absolute atomic E-state index is 0.465. The number of nitrogens with one attached hydrogen (secondary N) is 1. The van der Waals surface area contributed by atoms with Crippen molar-refractivity contribution in [2.75, 3.05) is 6.54 Å². The van der Waals surface area contributed by atoms with Gasteiger partial charge in [-0.1, -0.05) is 53.5 Å². The normalized spacial score (nSPS) is 12.4. The summed E-state index contributed by atoms with van der Waals surface area (Å²) in [6.07, 6.45) is -0.529. The fourth-order valence-corrected chi connectivity index (χ4v) is 2.19. The summed E-state index contributed by atoms with van der Waals surface area (Å²) in [5.41, 5.74) is 1.82. The van der Waals surface area contributed by atoms with Gasteiger partial charge in [0, 0.05) is 23.1 Å². The molecule has 4 heteroatoms. The van der Waals surface area contributed by atoms with Crippen molar-refractivity contribution >= 4 is 23.2 Å². The molecule has 0 spiro atoms. The highest BCUT2D eigenvalue weighted by Gasteiger charge is 2.07. The summed E-state index contributed by atoms with van der Waals surface area (Å²) in [6, 6.07) is 14.9. The number of aliphatic hydroxyl groups is 1. The van der Waals surface area contributed by atoms with Crippen molar-refractivity contribution in [1.82, 2.24) is 5.32 Å². The van der Waals surface area contributed by atoms with Crippen molar-refractivity contribution in [3.8, 4) is 0 Å². The largest absolute Gasteiger partial charge is 0.387 e. The molecule has 0 amide bonds. The number of hydrogen-bond acceptors (Lipinski definition) is 2. The van der Waals surface area contributed by atoms with Crippen LogP contribution < -0.4 is 5.32 Å². The van der Waals surface area contributed by atoms with Crippen LogP contribution in [0.2, 0.25) is 10.0 Å². The van der Waals surface area contributed by atoms with Gasteiger partial charge in [-0.05, 0) is 29.3 Å². The summed E-state index contributed by atoms with van der Waals surface area (Å²) in [4.78, 5) is 0. The van der Waals surface area contributed by atoms with E-state index >= 15 is 0 Å². The Balaban J connectivity index is 1.88. The molecule has 0 radical (unpaired) electrons. The second kappa shape index (κ2) is 6.92. The topological polar surface area (TPSA) is 32.3 Å². The van der Waals surface area contributed by atoms with E-state index in [0.29, 0.717) is 23.1 Å². The zero-order chi connectivity index (χ0) is 13.7. The zero-order valence-electron chi connectivity index (χ0n) is 10.3. The molecule has 0 aliphatic heterocycles. The second-order valence-corrected chi connectivity index (χ2v) is 5.14. The van der Waals surface area contributed by atoms with E-state index in [1.165, 1.54) is 0 Å². The number of aliphatic hydroxyl groups excluding tert-OH is 1. The molecule has 1 unspecified atom stereocenters. The molecule has 0 saturated heterocycles. The van der Waals surface area contributed by atoms with Crippen LogP contribution in [0.4, 0.5) is 0 Å². The predicted molar refractivity (Wildman–Crippen MR) is 79.6 cm³/mol. The number of hydrogen-bond donors (Lipinski definition) is 2. The monoisotopic (exact) mass is 295 g/mol. The van der Waals surface area contributed by atoms with Gasteiger partial charge in [-0.3, -0.25) is 0 Å². The molecule has 2 rings (SSSR count). The van der Waals surface area contributed by atoms with Gasteiger partial charge in [0.25, 0.3) is 0 Å². The highest BCUT2D eigenvalue weighted by atomic mass is 35.5. The first-order chi connectivity index (χ1) is 9.16. The average Bonchev–Trinajstić information content (AvgIpc) is 2.43. The average molecular weight is 296 g/mol. The van der Waals surface area contributed by atoms with Gasteiger partial charge in [0.2, 0.25) is 0 Å². The first-order valence-electron chi connectivity index (χ1n) is 6.04. The van der Waals surface area contributed by atoms with Crippen molar-refractivity contribution in [1.29, 1.82) is 0 Å². The molecule has 0 bridgehead atoms. The molecule has 100 valence electrons. The number of benzene rings is 2. The van der Waals surface area contributed by atoms with E-state index in [9.17, 15) is 5.11 Å². The van der Waals surface area contributed by atoms with Crippen LogP contribution >= 0.6 is 23.2 Å². The molecule has 0 heterocycles. The molecule has 0 aliphatic rings. The number of halogens is 2. The van der Waals surface area contributed by atoms with Crippen LogP contribution in [0.25, 0.3) is 0 Å². The Bertz CT molecular complexity index is 531. The highest BCUT2D eigenvalue weighted by molar-refractivity contribution is 6.33. The molecule has 0 aliphatic carbocycles. The molecule has 2 aromatic rings. The quantitative estimate of drug-likeness (QED) is 0.879. The Kier molecular flexibility index (Phi) is 5.23. The van der Waals surface area contributed by atoms with Crippen LogP contribution in [0.1, 0.15) is 17.2 Å². The highest BCUT2D eigenvalue weighted by Crippen LogP contribution is 2.20. The van der Waals surface area contributed by atoms with E-state index in [-0.39, 0.29) is 0 Å². The van der Waals surface area contributed by atoms with Crippen LogP contribution in [-0.4, -0.2) is 11.7 Å². The van der Waals surface area contributed by atoms with Crippen LogP contribution in [0.5, 0.6) is 0 Å². The molecule has 0 aromatic heterocycles. The zero-order valence-corrected chi connectivity index (χ0v) is 11.8. The van der Waals surface area contributed by atoms with Gasteiger partial charge in [0.15, 0.2) is 0 Å². The van der Waals surface area contributed by atoms with Crippen molar-refractivity contribution in [2.45, 2.75) is 12.6 Å². The van der Waals surface area contributed by atoms with Gasteiger partial charge < -0.3 is 10.4 Å². The van der Waals surface area contributed by atoms with Gasteiger partial charge in [-0.2, -0.15) is 0 Å². The molecule has 1 atom stereocenters. The second-order valence-electron chi connectivity index (χ2n) is 4.29.